The summed E-state index contributed by atoms with van der Waals surface area (Å²) in [5.74, 6) is 1.39. The molecule has 0 spiro atoms. The van der Waals surface area contributed by atoms with Crippen LogP contribution in [0.2, 0.25) is 5.02 Å². The van der Waals surface area contributed by atoms with E-state index in [1.54, 1.807) is 42.6 Å². The molecule has 26 heavy (non-hydrogen) atoms. The van der Waals surface area contributed by atoms with Crippen LogP contribution >= 0.6 is 11.6 Å². The van der Waals surface area contributed by atoms with Crippen LogP contribution in [0.3, 0.4) is 0 Å². The van der Waals surface area contributed by atoms with E-state index in [1.807, 2.05) is 0 Å². The summed E-state index contributed by atoms with van der Waals surface area (Å²) in [6, 6.07) is 11.1. The minimum atomic E-state index is -0.710. The van der Waals surface area contributed by atoms with E-state index < -0.39 is 6.03 Å². The number of urea groups is 1. The van der Waals surface area contributed by atoms with E-state index in [1.165, 1.54) is 7.11 Å². The number of nitrogens with one attached hydrogen (secondary N) is 1. The topological polar surface area (TPSA) is 110 Å². The molecule has 3 aromatic rings. The Hall–Kier alpha value is -3.50. The minimum Gasteiger partial charge on any atom is -0.495 e. The molecule has 0 atom stereocenters. The van der Waals surface area contributed by atoms with Gasteiger partial charge in [0.25, 0.3) is 0 Å². The summed E-state index contributed by atoms with van der Waals surface area (Å²) < 4.78 is 11.1. The molecule has 1 heterocycles. The third kappa shape index (κ3) is 3.45. The number of hydrogen-bond donors (Lipinski definition) is 2. The van der Waals surface area contributed by atoms with Crippen molar-refractivity contribution in [3.05, 3.63) is 53.2 Å². The Morgan fingerprint density at radius 3 is 2.73 bits per heavy atom. The molecule has 1 aromatic heterocycles. The van der Waals surface area contributed by atoms with Gasteiger partial charge in [0.2, 0.25) is 0 Å². The molecule has 0 radical (unpaired) electrons. The van der Waals surface area contributed by atoms with Crippen LogP contribution in [0.1, 0.15) is 5.56 Å². The maximum Gasteiger partial charge on any atom is 0.316 e. The van der Waals surface area contributed by atoms with Crippen molar-refractivity contribution >= 4 is 34.2 Å². The van der Waals surface area contributed by atoms with Gasteiger partial charge in [-0.3, -0.25) is 4.98 Å². The summed E-state index contributed by atoms with van der Waals surface area (Å²) in [6.45, 7) is 0. The van der Waals surface area contributed by atoms with Gasteiger partial charge in [-0.15, -0.1) is 0 Å². The van der Waals surface area contributed by atoms with Crippen LogP contribution in [0.25, 0.3) is 10.9 Å². The smallest absolute Gasteiger partial charge is 0.316 e. The zero-order valence-corrected chi connectivity index (χ0v) is 14.4. The highest BCUT2D eigenvalue weighted by Gasteiger charge is 2.11. The molecule has 0 bridgehead atoms. The summed E-state index contributed by atoms with van der Waals surface area (Å²) in [5.41, 5.74) is 6.46. The fourth-order valence-electron chi connectivity index (χ4n) is 2.41. The van der Waals surface area contributed by atoms with Gasteiger partial charge in [-0.2, -0.15) is 5.26 Å². The largest absolute Gasteiger partial charge is 0.495 e. The molecule has 0 saturated carbocycles. The number of rotatable bonds is 4. The van der Waals surface area contributed by atoms with Gasteiger partial charge in [0.15, 0.2) is 0 Å². The molecule has 3 rings (SSSR count). The number of fused-ring (bicyclic) bond motifs is 1. The first kappa shape index (κ1) is 17.3. The first-order chi connectivity index (χ1) is 12.5. The van der Waals surface area contributed by atoms with Crippen molar-refractivity contribution in [3.8, 4) is 23.3 Å². The zero-order chi connectivity index (χ0) is 18.7. The fourth-order valence-corrected chi connectivity index (χ4v) is 2.63. The van der Waals surface area contributed by atoms with Gasteiger partial charge in [0, 0.05) is 23.7 Å². The van der Waals surface area contributed by atoms with Crippen molar-refractivity contribution in [2.45, 2.75) is 0 Å². The number of carbonyl (C=O) groups is 1. The van der Waals surface area contributed by atoms with Crippen LogP contribution in [-0.2, 0) is 0 Å². The predicted molar refractivity (Wildman–Crippen MR) is 97.7 cm³/mol. The molecule has 0 unspecified atom stereocenters. The highest BCUT2D eigenvalue weighted by Crippen LogP contribution is 2.35. The Balaban J connectivity index is 2.00. The molecule has 7 nitrogen and oxygen atoms in total. The second kappa shape index (κ2) is 7.17. The van der Waals surface area contributed by atoms with Crippen molar-refractivity contribution in [1.82, 2.24) is 4.98 Å². The average molecular weight is 369 g/mol. The van der Waals surface area contributed by atoms with Gasteiger partial charge in [-0.1, -0.05) is 11.6 Å². The maximum absolute atomic E-state index is 10.9. The predicted octanol–water partition coefficient (Wildman–Crippen LogP) is 4.05. The quantitative estimate of drug-likeness (QED) is 0.721. The van der Waals surface area contributed by atoms with Gasteiger partial charge in [-0.05, 0) is 24.3 Å². The molecule has 0 aliphatic carbocycles. The van der Waals surface area contributed by atoms with Crippen LogP contribution < -0.4 is 20.5 Å². The number of carbonyl (C=O) groups excluding carboxylic acids is 1. The monoisotopic (exact) mass is 368 g/mol. The first-order valence-corrected chi connectivity index (χ1v) is 7.80. The summed E-state index contributed by atoms with van der Waals surface area (Å²) >= 11 is 6.12. The van der Waals surface area contributed by atoms with Crippen molar-refractivity contribution in [2.75, 3.05) is 12.4 Å². The van der Waals surface area contributed by atoms with Gasteiger partial charge >= 0.3 is 6.03 Å². The summed E-state index contributed by atoms with van der Waals surface area (Å²) in [7, 11) is 1.49. The van der Waals surface area contributed by atoms with Crippen molar-refractivity contribution in [1.29, 1.82) is 5.26 Å². The molecule has 0 fully saturated rings. The number of pyridine rings is 1. The number of nitrogens with zero attached hydrogens (tertiary/aromatic N) is 2. The third-order valence-electron chi connectivity index (χ3n) is 3.57. The SMILES string of the molecule is COc1cc2nccc(Oc3ccc(NC(N)=O)c(Cl)c3)c2cc1C#N. The molecule has 130 valence electrons. The van der Waals surface area contributed by atoms with Gasteiger partial charge in [0.1, 0.15) is 23.3 Å². The number of ether oxygens (including phenoxy) is 2. The Bertz CT molecular complexity index is 1050. The lowest BCUT2D eigenvalue weighted by Gasteiger charge is -2.12. The average Bonchev–Trinajstić information content (AvgIpc) is 2.62. The number of primary amides is 1. The zero-order valence-electron chi connectivity index (χ0n) is 13.6. The van der Waals surface area contributed by atoms with Crippen LogP contribution in [0.4, 0.5) is 10.5 Å². The molecule has 0 saturated heterocycles. The number of nitriles is 1. The molecule has 2 aromatic carbocycles. The molecule has 0 aliphatic rings. The number of amides is 2. The van der Waals surface area contributed by atoms with Crippen molar-refractivity contribution < 1.29 is 14.3 Å². The number of hydrogen-bond acceptors (Lipinski definition) is 5. The van der Waals surface area contributed by atoms with Gasteiger partial charge in [0.05, 0.1) is 28.9 Å². The van der Waals surface area contributed by atoms with E-state index in [-0.39, 0.29) is 5.02 Å². The van der Waals surface area contributed by atoms with Gasteiger partial charge in [-0.25, -0.2) is 4.79 Å². The van der Waals surface area contributed by atoms with E-state index in [4.69, 9.17) is 26.8 Å². The Morgan fingerprint density at radius 2 is 2.08 bits per heavy atom. The molecule has 3 N–H and O–H groups in total. The van der Waals surface area contributed by atoms with E-state index in [0.717, 1.165) is 0 Å². The van der Waals surface area contributed by atoms with Crippen LogP contribution in [0, 0.1) is 11.3 Å². The second-order valence-electron chi connectivity index (χ2n) is 5.22. The van der Waals surface area contributed by atoms with E-state index in [0.29, 0.717) is 39.4 Å². The van der Waals surface area contributed by atoms with Crippen LogP contribution in [0.15, 0.2) is 42.6 Å². The molecule has 8 heteroatoms. The summed E-state index contributed by atoms with van der Waals surface area (Å²) in [5, 5.41) is 12.6. The molecular weight excluding hydrogens is 356 g/mol. The lowest BCUT2D eigenvalue weighted by Crippen LogP contribution is -2.19. The lowest BCUT2D eigenvalue weighted by molar-refractivity contribution is 0.259. The highest BCUT2D eigenvalue weighted by molar-refractivity contribution is 6.33. The Kier molecular flexibility index (Phi) is 4.78. The van der Waals surface area contributed by atoms with E-state index in [9.17, 15) is 10.1 Å². The standard InChI is InChI=1S/C18H13ClN4O3/c1-25-17-8-15-12(6-10(17)9-20)16(4-5-22-15)26-11-2-3-14(13(19)7-11)23-18(21)24/h2-8H,1H3,(H3,21,23,24). The molecule has 0 aliphatic heterocycles. The van der Waals surface area contributed by atoms with Crippen LogP contribution in [0.5, 0.6) is 17.2 Å². The molecular formula is C18H13ClN4O3. The first-order valence-electron chi connectivity index (χ1n) is 7.42. The van der Waals surface area contributed by atoms with Gasteiger partial charge < -0.3 is 20.5 Å². The Labute approximate surface area is 153 Å². The maximum atomic E-state index is 10.9. The molecule has 2 amide bonds. The van der Waals surface area contributed by atoms with Crippen molar-refractivity contribution in [3.63, 3.8) is 0 Å². The van der Waals surface area contributed by atoms with Crippen molar-refractivity contribution in [2.24, 2.45) is 5.73 Å². The van der Waals surface area contributed by atoms with Crippen LogP contribution in [-0.4, -0.2) is 18.1 Å². The third-order valence-corrected chi connectivity index (χ3v) is 3.88. The lowest BCUT2D eigenvalue weighted by atomic mass is 10.1. The normalized spacial score (nSPS) is 10.2. The Morgan fingerprint density at radius 1 is 1.27 bits per heavy atom. The number of halogens is 1. The summed E-state index contributed by atoms with van der Waals surface area (Å²) in [4.78, 5) is 15.2. The fraction of sp³-hybridized carbons (Fsp3) is 0.0556. The second-order valence-corrected chi connectivity index (χ2v) is 5.63. The number of aromatic nitrogens is 1. The number of nitrogens with two attached hydrogens (primary N) is 1. The number of anilines is 1. The van der Waals surface area contributed by atoms with E-state index in [2.05, 4.69) is 16.4 Å². The minimum absolute atomic E-state index is 0.277. The summed E-state index contributed by atoms with van der Waals surface area (Å²) in [6.07, 6.45) is 1.59. The number of methoxy groups -OCH3 is 1. The number of benzene rings is 2. The highest BCUT2D eigenvalue weighted by atomic mass is 35.5. The van der Waals surface area contributed by atoms with E-state index >= 15 is 0 Å².